The molecule has 0 spiro atoms. The third-order valence-electron chi connectivity index (χ3n) is 2.29. The number of carbonyl (C=O) groups excluding carboxylic acids is 3. The standard InChI is InChI=1S/C13H15FN2O4S/c1-20-12(18)6-7-21-8-11(17)16-13(19)15-10-5-3-2-4-9(10)14/h2-5H,6-8H2,1H3,(H2,15,16,17,19). The number of methoxy groups -OCH3 is 1. The Morgan fingerprint density at radius 3 is 2.67 bits per heavy atom. The molecule has 0 fully saturated rings. The van der Waals surface area contributed by atoms with Crippen LogP contribution in [0.15, 0.2) is 24.3 Å². The summed E-state index contributed by atoms with van der Waals surface area (Å²) in [6.07, 6.45) is 0.190. The lowest BCUT2D eigenvalue weighted by Crippen LogP contribution is -2.35. The van der Waals surface area contributed by atoms with Gasteiger partial charge in [-0.15, -0.1) is 0 Å². The highest BCUT2D eigenvalue weighted by Crippen LogP contribution is 2.11. The van der Waals surface area contributed by atoms with E-state index in [9.17, 15) is 18.8 Å². The molecule has 1 aromatic rings. The Morgan fingerprint density at radius 2 is 2.00 bits per heavy atom. The monoisotopic (exact) mass is 314 g/mol. The second-order valence-corrected chi connectivity index (χ2v) is 4.97. The maximum Gasteiger partial charge on any atom is 0.325 e. The third-order valence-corrected chi connectivity index (χ3v) is 3.25. The van der Waals surface area contributed by atoms with Crippen molar-refractivity contribution in [2.24, 2.45) is 0 Å². The SMILES string of the molecule is COC(=O)CCSCC(=O)NC(=O)Nc1ccccc1F. The van der Waals surface area contributed by atoms with Crippen molar-refractivity contribution in [3.8, 4) is 0 Å². The summed E-state index contributed by atoms with van der Waals surface area (Å²) in [6.45, 7) is 0. The van der Waals surface area contributed by atoms with Gasteiger partial charge in [0.2, 0.25) is 5.91 Å². The summed E-state index contributed by atoms with van der Waals surface area (Å²) in [4.78, 5) is 33.7. The topological polar surface area (TPSA) is 84.5 Å². The molecular weight excluding hydrogens is 299 g/mol. The summed E-state index contributed by atoms with van der Waals surface area (Å²) in [5.74, 6) is -1.05. The van der Waals surface area contributed by atoms with Crippen molar-refractivity contribution in [3.05, 3.63) is 30.1 Å². The third kappa shape index (κ3) is 6.75. The van der Waals surface area contributed by atoms with Crippen LogP contribution in [0.3, 0.4) is 0 Å². The number of carbonyl (C=O) groups is 3. The highest BCUT2D eigenvalue weighted by atomic mass is 32.2. The number of benzene rings is 1. The Balaban J connectivity index is 2.27. The lowest BCUT2D eigenvalue weighted by atomic mass is 10.3. The number of amides is 3. The lowest BCUT2D eigenvalue weighted by molar-refractivity contribution is -0.140. The van der Waals surface area contributed by atoms with Gasteiger partial charge in [0.1, 0.15) is 5.82 Å². The molecule has 8 heteroatoms. The van der Waals surface area contributed by atoms with Crippen LogP contribution in [0, 0.1) is 5.82 Å². The van der Waals surface area contributed by atoms with Crippen LogP contribution in [0.25, 0.3) is 0 Å². The van der Waals surface area contributed by atoms with E-state index in [-0.39, 0.29) is 23.8 Å². The van der Waals surface area contributed by atoms with Crippen molar-refractivity contribution in [2.75, 3.05) is 23.9 Å². The van der Waals surface area contributed by atoms with E-state index in [4.69, 9.17) is 0 Å². The summed E-state index contributed by atoms with van der Waals surface area (Å²) >= 11 is 1.19. The van der Waals surface area contributed by atoms with Crippen molar-refractivity contribution in [3.63, 3.8) is 0 Å². The maximum absolute atomic E-state index is 13.3. The van der Waals surface area contributed by atoms with E-state index in [1.165, 1.54) is 37.1 Å². The molecule has 0 aliphatic heterocycles. The van der Waals surface area contributed by atoms with Crippen LogP contribution in [0.5, 0.6) is 0 Å². The first-order valence-corrected chi connectivity index (χ1v) is 7.18. The lowest BCUT2D eigenvalue weighted by Gasteiger charge is -2.07. The van der Waals surface area contributed by atoms with Crippen LogP contribution in [-0.2, 0) is 14.3 Å². The van der Waals surface area contributed by atoms with Gasteiger partial charge >= 0.3 is 12.0 Å². The number of ether oxygens (including phenoxy) is 1. The van der Waals surface area contributed by atoms with E-state index in [0.717, 1.165) is 0 Å². The zero-order chi connectivity index (χ0) is 15.7. The molecule has 1 rings (SSSR count). The smallest absolute Gasteiger partial charge is 0.325 e. The van der Waals surface area contributed by atoms with Crippen molar-refractivity contribution in [2.45, 2.75) is 6.42 Å². The highest BCUT2D eigenvalue weighted by molar-refractivity contribution is 7.99. The number of para-hydroxylation sites is 1. The van der Waals surface area contributed by atoms with Gasteiger partial charge in [-0.25, -0.2) is 9.18 Å². The van der Waals surface area contributed by atoms with E-state index in [1.54, 1.807) is 6.07 Å². The molecule has 6 nitrogen and oxygen atoms in total. The molecule has 0 heterocycles. The van der Waals surface area contributed by atoms with Crippen LogP contribution >= 0.6 is 11.8 Å². The number of halogens is 1. The van der Waals surface area contributed by atoms with Crippen LogP contribution in [0.4, 0.5) is 14.9 Å². The number of urea groups is 1. The van der Waals surface area contributed by atoms with E-state index in [0.29, 0.717) is 5.75 Å². The molecule has 114 valence electrons. The Labute approximate surface area is 125 Å². The molecule has 0 atom stereocenters. The predicted octanol–water partition coefficient (Wildman–Crippen LogP) is 1.77. The summed E-state index contributed by atoms with van der Waals surface area (Å²) in [5, 5.41) is 4.29. The Hall–Kier alpha value is -2.09. The molecule has 0 aromatic heterocycles. The quantitative estimate of drug-likeness (QED) is 0.617. The Bertz CT molecular complexity index is 525. The molecule has 1 aromatic carbocycles. The molecule has 0 bridgehead atoms. The first kappa shape index (κ1) is 17.0. The van der Waals surface area contributed by atoms with E-state index in [1.807, 2.05) is 0 Å². The summed E-state index contributed by atoms with van der Waals surface area (Å²) in [7, 11) is 1.28. The number of hydrogen-bond donors (Lipinski definition) is 2. The van der Waals surface area contributed by atoms with Crippen molar-refractivity contribution >= 4 is 35.4 Å². The molecule has 2 N–H and O–H groups in total. The van der Waals surface area contributed by atoms with E-state index < -0.39 is 17.8 Å². The molecule has 0 saturated heterocycles. The number of hydrogen-bond acceptors (Lipinski definition) is 5. The molecule has 0 aliphatic carbocycles. The molecule has 0 unspecified atom stereocenters. The van der Waals surface area contributed by atoms with Gasteiger partial charge in [-0.05, 0) is 12.1 Å². The minimum atomic E-state index is -0.807. The second kappa shape index (κ2) is 8.96. The van der Waals surface area contributed by atoms with Crippen molar-refractivity contribution in [1.29, 1.82) is 0 Å². The molecule has 0 saturated carbocycles. The van der Waals surface area contributed by atoms with Crippen molar-refractivity contribution in [1.82, 2.24) is 5.32 Å². The fraction of sp³-hybridized carbons (Fsp3) is 0.308. The van der Waals surface area contributed by atoms with Gasteiger partial charge in [0.25, 0.3) is 0 Å². The normalized spacial score (nSPS) is 9.81. The van der Waals surface area contributed by atoms with Crippen LogP contribution in [0.2, 0.25) is 0 Å². The van der Waals surface area contributed by atoms with Gasteiger partial charge in [0.05, 0.1) is 25.0 Å². The molecule has 0 radical (unpaired) electrons. The first-order valence-electron chi connectivity index (χ1n) is 6.03. The van der Waals surface area contributed by atoms with Crippen LogP contribution in [-0.4, -0.2) is 36.5 Å². The predicted molar refractivity (Wildman–Crippen MR) is 77.5 cm³/mol. The fourth-order valence-electron chi connectivity index (χ4n) is 1.30. The Morgan fingerprint density at radius 1 is 1.29 bits per heavy atom. The van der Waals surface area contributed by atoms with Gasteiger partial charge in [0.15, 0.2) is 0 Å². The van der Waals surface area contributed by atoms with Gasteiger partial charge < -0.3 is 10.1 Å². The van der Waals surface area contributed by atoms with Gasteiger partial charge in [-0.1, -0.05) is 12.1 Å². The average Bonchev–Trinajstić information content (AvgIpc) is 2.45. The molecule has 3 amide bonds. The molecule has 0 aliphatic rings. The largest absolute Gasteiger partial charge is 0.469 e. The van der Waals surface area contributed by atoms with Crippen LogP contribution < -0.4 is 10.6 Å². The Kier molecular flexibility index (Phi) is 7.24. The molecular formula is C13H15FN2O4S. The van der Waals surface area contributed by atoms with E-state index >= 15 is 0 Å². The summed E-state index contributed by atoms with van der Waals surface area (Å²) in [6, 6.07) is 4.81. The minimum absolute atomic E-state index is 0.0128. The second-order valence-electron chi connectivity index (χ2n) is 3.86. The van der Waals surface area contributed by atoms with E-state index in [2.05, 4.69) is 15.4 Å². The van der Waals surface area contributed by atoms with Crippen molar-refractivity contribution < 1.29 is 23.5 Å². The highest BCUT2D eigenvalue weighted by Gasteiger charge is 2.10. The number of rotatable bonds is 6. The minimum Gasteiger partial charge on any atom is -0.469 e. The zero-order valence-corrected chi connectivity index (χ0v) is 12.2. The van der Waals surface area contributed by atoms with Gasteiger partial charge in [-0.3, -0.25) is 14.9 Å². The number of esters is 1. The van der Waals surface area contributed by atoms with Gasteiger partial charge in [0, 0.05) is 5.75 Å². The van der Waals surface area contributed by atoms with Gasteiger partial charge in [-0.2, -0.15) is 11.8 Å². The van der Waals surface area contributed by atoms with Crippen LogP contribution in [0.1, 0.15) is 6.42 Å². The number of thioether (sulfide) groups is 1. The first-order chi connectivity index (χ1) is 10.0. The zero-order valence-electron chi connectivity index (χ0n) is 11.3. The number of anilines is 1. The maximum atomic E-state index is 13.3. The summed E-state index contributed by atoms with van der Waals surface area (Å²) < 4.78 is 17.7. The number of imide groups is 1. The average molecular weight is 314 g/mol. The number of nitrogens with one attached hydrogen (secondary N) is 2. The summed E-state index contributed by atoms with van der Waals surface area (Å²) in [5.41, 5.74) is -0.0128. The fourth-order valence-corrected chi connectivity index (χ4v) is 2.01. The molecule has 21 heavy (non-hydrogen) atoms.